The van der Waals surface area contributed by atoms with Gasteiger partial charge in [0.15, 0.2) is 9.84 Å². The van der Waals surface area contributed by atoms with Gasteiger partial charge in [0.1, 0.15) is 0 Å². The molecule has 0 fully saturated rings. The second-order valence-electron chi connectivity index (χ2n) is 6.21. The van der Waals surface area contributed by atoms with Crippen LogP contribution in [0.2, 0.25) is 0 Å². The molecule has 0 unspecified atom stereocenters. The zero-order valence-electron chi connectivity index (χ0n) is 13.5. The lowest BCUT2D eigenvalue weighted by molar-refractivity contribution is 0.602. The molecule has 0 aliphatic heterocycles. The van der Waals surface area contributed by atoms with E-state index in [-0.39, 0.29) is 0 Å². The molecule has 3 nitrogen and oxygen atoms in total. The van der Waals surface area contributed by atoms with Crippen LogP contribution in [0.15, 0.2) is 65.6 Å². The van der Waals surface area contributed by atoms with E-state index in [1.807, 2.05) is 24.3 Å². The van der Waals surface area contributed by atoms with Gasteiger partial charge in [-0.3, -0.25) is 0 Å². The lowest BCUT2D eigenvalue weighted by Crippen LogP contribution is -1.96. The first-order valence-electron chi connectivity index (χ1n) is 7.75. The Morgan fingerprint density at radius 1 is 0.875 bits per heavy atom. The van der Waals surface area contributed by atoms with Crippen LogP contribution < -0.4 is 0 Å². The van der Waals surface area contributed by atoms with Gasteiger partial charge in [0.2, 0.25) is 0 Å². The molecular formula is C20H17NO2S. The molecule has 0 saturated heterocycles. The van der Waals surface area contributed by atoms with Crippen molar-refractivity contribution in [2.75, 3.05) is 6.26 Å². The van der Waals surface area contributed by atoms with Gasteiger partial charge in [0, 0.05) is 28.1 Å². The number of aryl methyl sites for hydroxylation is 1. The standard InChI is InChI=1S/C20H17NO2S/c1-13-10-17(14-6-4-3-5-7-14)20-18(11-13)16-9-8-15(24(2,22)23)12-19(16)21-20/h3-12,21H,1-2H3. The lowest BCUT2D eigenvalue weighted by Gasteiger charge is -2.05. The molecule has 0 atom stereocenters. The van der Waals surface area contributed by atoms with E-state index in [0.29, 0.717) is 4.90 Å². The van der Waals surface area contributed by atoms with Crippen LogP contribution in [0.1, 0.15) is 5.56 Å². The van der Waals surface area contributed by atoms with E-state index in [1.54, 1.807) is 12.1 Å². The van der Waals surface area contributed by atoms with Crippen molar-refractivity contribution in [3.05, 3.63) is 66.2 Å². The maximum absolute atomic E-state index is 11.8. The average Bonchev–Trinajstić information content (AvgIpc) is 2.92. The van der Waals surface area contributed by atoms with Crippen molar-refractivity contribution in [1.29, 1.82) is 0 Å². The topological polar surface area (TPSA) is 49.9 Å². The first-order valence-corrected chi connectivity index (χ1v) is 9.64. The highest BCUT2D eigenvalue weighted by Crippen LogP contribution is 2.35. The van der Waals surface area contributed by atoms with E-state index >= 15 is 0 Å². The van der Waals surface area contributed by atoms with Crippen molar-refractivity contribution in [1.82, 2.24) is 4.98 Å². The fraction of sp³-hybridized carbons (Fsp3) is 0.100. The van der Waals surface area contributed by atoms with Crippen LogP contribution in [0.4, 0.5) is 0 Å². The number of aromatic amines is 1. The number of nitrogens with one attached hydrogen (secondary N) is 1. The van der Waals surface area contributed by atoms with Crippen LogP contribution >= 0.6 is 0 Å². The van der Waals surface area contributed by atoms with Crippen molar-refractivity contribution >= 4 is 31.6 Å². The maximum Gasteiger partial charge on any atom is 0.175 e. The summed E-state index contributed by atoms with van der Waals surface area (Å²) in [6.45, 7) is 2.08. The quantitative estimate of drug-likeness (QED) is 0.577. The number of benzene rings is 3. The first kappa shape index (κ1) is 15.0. The molecule has 3 aromatic carbocycles. The lowest BCUT2D eigenvalue weighted by atomic mass is 9.99. The monoisotopic (exact) mass is 335 g/mol. The van der Waals surface area contributed by atoms with Gasteiger partial charge in [0.05, 0.1) is 10.4 Å². The summed E-state index contributed by atoms with van der Waals surface area (Å²) in [6.07, 6.45) is 1.23. The van der Waals surface area contributed by atoms with Crippen LogP contribution in [0.25, 0.3) is 32.9 Å². The molecule has 1 heterocycles. The summed E-state index contributed by atoms with van der Waals surface area (Å²) in [5.74, 6) is 0. The molecule has 1 N–H and O–H groups in total. The Balaban J connectivity index is 2.09. The molecule has 0 amide bonds. The summed E-state index contributed by atoms with van der Waals surface area (Å²) in [7, 11) is -3.22. The van der Waals surface area contributed by atoms with Gasteiger partial charge in [-0.05, 0) is 42.3 Å². The van der Waals surface area contributed by atoms with Crippen LogP contribution in [0.5, 0.6) is 0 Å². The molecule has 0 bridgehead atoms. The average molecular weight is 335 g/mol. The number of hydrogen-bond donors (Lipinski definition) is 1. The fourth-order valence-electron chi connectivity index (χ4n) is 3.21. The molecule has 4 heteroatoms. The number of sulfone groups is 1. The van der Waals surface area contributed by atoms with Crippen molar-refractivity contribution in [3.8, 4) is 11.1 Å². The van der Waals surface area contributed by atoms with Crippen molar-refractivity contribution in [2.24, 2.45) is 0 Å². The van der Waals surface area contributed by atoms with E-state index in [9.17, 15) is 8.42 Å². The van der Waals surface area contributed by atoms with Gasteiger partial charge in [-0.1, -0.05) is 36.4 Å². The number of aromatic nitrogens is 1. The van der Waals surface area contributed by atoms with Crippen molar-refractivity contribution < 1.29 is 8.42 Å². The summed E-state index contributed by atoms with van der Waals surface area (Å²) in [5, 5.41) is 2.15. The minimum Gasteiger partial charge on any atom is -0.354 e. The molecule has 0 aliphatic rings. The predicted octanol–water partition coefficient (Wildman–Crippen LogP) is 4.70. The highest BCUT2D eigenvalue weighted by Gasteiger charge is 2.13. The van der Waals surface area contributed by atoms with Crippen molar-refractivity contribution in [2.45, 2.75) is 11.8 Å². The van der Waals surface area contributed by atoms with E-state index in [0.717, 1.165) is 32.9 Å². The van der Waals surface area contributed by atoms with E-state index in [4.69, 9.17) is 0 Å². The van der Waals surface area contributed by atoms with Gasteiger partial charge in [-0.15, -0.1) is 0 Å². The maximum atomic E-state index is 11.8. The molecule has 1 aromatic heterocycles. The Morgan fingerprint density at radius 3 is 2.33 bits per heavy atom. The Hall–Kier alpha value is -2.59. The third-order valence-corrected chi connectivity index (χ3v) is 5.45. The first-order chi connectivity index (χ1) is 11.4. The van der Waals surface area contributed by atoms with E-state index < -0.39 is 9.84 Å². The summed E-state index contributed by atoms with van der Waals surface area (Å²) in [4.78, 5) is 3.75. The van der Waals surface area contributed by atoms with E-state index in [2.05, 4.69) is 36.2 Å². The minimum absolute atomic E-state index is 0.333. The van der Waals surface area contributed by atoms with Crippen LogP contribution in [0.3, 0.4) is 0 Å². The second kappa shape index (κ2) is 5.21. The Bertz CT molecular complexity index is 1170. The molecule has 0 aliphatic carbocycles. The smallest absolute Gasteiger partial charge is 0.175 e. The van der Waals surface area contributed by atoms with Gasteiger partial charge < -0.3 is 4.98 Å². The van der Waals surface area contributed by atoms with Gasteiger partial charge in [0.25, 0.3) is 0 Å². The molecule has 4 aromatic rings. The van der Waals surface area contributed by atoms with Crippen molar-refractivity contribution in [3.63, 3.8) is 0 Å². The molecular weight excluding hydrogens is 318 g/mol. The second-order valence-corrected chi connectivity index (χ2v) is 8.22. The summed E-state index contributed by atoms with van der Waals surface area (Å²) in [5.41, 5.74) is 5.32. The van der Waals surface area contributed by atoms with Crippen LogP contribution in [-0.4, -0.2) is 19.7 Å². The van der Waals surface area contributed by atoms with E-state index in [1.165, 1.54) is 11.8 Å². The highest BCUT2D eigenvalue weighted by atomic mass is 32.2. The molecule has 0 saturated carbocycles. The number of H-pyrrole nitrogens is 1. The third kappa shape index (κ3) is 2.39. The summed E-state index contributed by atoms with van der Waals surface area (Å²) < 4.78 is 23.6. The third-order valence-electron chi connectivity index (χ3n) is 4.34. The van der Waals surface area contributed by atoms with Crippen LogP contribution in [-0.2, 0) is 9.84 Å². The van der Waals surface area contributed by atoms with Crippen LogP contribution in [0, 0.1) is 6.92 Å². The van der Waals surface area contributed by atoms with Gasteiger partial charge >= 0.3 is 0 Å². The molecule has 0 spiro atoms. The van der Waals surface area contributed by atoms with Gasteiger partial charge in [-0.25, -0.2) is 8.42 Å². The summed E-state index contributed by atoms with van der Waals surface area (Å²) in [6, 6.07) is 19.8. The zero-order valence-corrected chi connectivity index (χ0v) is 14.3. The minimum atomic E-state index is -3.22. The summed E-state index contributed by atoms with van der Waals surface area (Å²) >= 11 is 0. The molecule has 24 heavy (non-hydrogen) atoms. The largest absolute Gasteiger partial charge is 0.354 e. The predicted molar refractivity (Wildman–Crippen MR) is 99.1 cm³/mol. The molecule has 4 rings (SSSR count). The molecule has 120 valence electrons. The fourth-order valence-corrected chi connectivity index (χ4v) is 3.85. The number of fused-ring (bicyclic) bond motifs is 3. The number of hydrogen-bond acceptors (Lipinski definition) is 2. The Morgan fingerprint density at radius 2 is 1.62 bits per heavy atom. The number of rotatable bonds is 2. The Labute approximate surface area is 140 Å². The highest BCUT2D eigenvalue weighted by molar-refractivity contribution is 7.90. The molecule has 0 radical (unpaired) electrons. The zero-order chi connectivity index (χ0) is 16.9. The van der Waals surface area contributed by atoms with Gasteiger partial charge in [-0.2, -0.15) is 0 Å². The normalized spacial score (nSPS) is 12.1. The SMILES string of the molecule is Cc1cc(-c2ccccc2)c2[nH]c3cc(S(C)(=O)=O)ccc3c2c1. The Kier molecular flexibility index (Phi) is 3.25.